The monoisotopic (exact) mass is 294 g/mol. The van der Waals surface area contributed by atoms with Gasteiger partial charge in [-0.1, -0.05) is 6.07 Å². The van der Waals surface area contributed by atoms with E-state index in [0.29, 0.717) is 33.0 Å². The predicted octanol–water partition coefficient (Wildman–Crippen LogP) is 1.62. The van der Waals surface area contributed by atoms with Gasteiger partial charge in [-0.3, -0.25) is 0 Å². The van der Waals surface area contributed by atoms with Gasteiger partial charge in [-0.15, -0.1) is 0 Å². The van der Waals surface area contributed by atoms with Gasteiger partial charge in [-0.05, 0) is 30.5 Å². The maximum atomic E-state index is 6.00. The zero-order valence-corrected chi connectivity index (χ0v) is 13.1. The molecule has 0 spiro atoms. The fraction of sp³-hybridized carbons (Fsp3) is 0.625. The number of ether oxygens (including phenoxy) is 3. The second kappa shape index (κ2) is 8.22. The van der Waals surface area contributed by atoms with E-state index in [0.717, 1.165) is 25.2 Å². The number of anilines is 2. The molecule has 0 saturated heterocycles. The molecule has 1 aromatic carbocycles. The van der Waals surface area contributed by atoms with Crippen molar-refractivity contribution < 1.29 is 14.2 Å². The van der Waals surface area contributed by atoms with E-state index in [-0.39, 0.29) is 0 Å². The molecule has 1 heterocycles. The van der Waals surface area contributed by atoms with Gasteiger partial charge >= 0.3 is 0 Å². The molecule has 2 rings (SSSR count). The fourth-order valence-corrected chi connectivity index (χ4v) is 2.51. The number of hydrogen-bond donors (Lipinski definition) is 1. The van der Waals surface area contributed by atoms with E-state index in [9.17, 15) is 0 Å². The highest BCUT2D eigenvalue weighted by atomic mass is 16.5. The molecule has 0 unspecified atom stereocenters. The van der Waals surface area contributed by atoms with Crippen molar-refractivity contribution in [1.82, 2.24) is 0 Å². The normalized spacial score (nSPS) is 13.7. The van der Waals surface area contributed by atoms with Crippen LogP contribution in [0.15, 0.2) is 12.1 Å². The summed E-state index contributed by atoms with van der Waals surface area (Å²) < 4.78 is 15.9. The summed E-state index contributed by atoms with van der Waals surface area (Å²) in [6.45, 7) is 7.21. The lowest BCUT2D eigenvalue weighted by Crippen LogP contribution is -2.26. The van der Waals surface area contributed by atoms with Gasteiger partial charge in [0.25, 0.3) is 0 Å². The van der Waals surface area contributed by atoms with Crippen LogP contribution in [-0.2, 0) is 20.6 Å². The molecule has 0 saturated carbocycles. The molecule has 0 aliphatic carbocycles. The zero-order valence-electron chi connectivity index (χ0n) is 13.1. The standard InChI is InChI=1S/C16H26N2O3/c1-13-11-14-3-4-18(16(14)12-15(13)17)5-6-20-9-10-21-8-7-19-2/h11-12H,3-10,17H2,1-2H3. The Morgan fingerprint density at radius 3 is 2.57 bits per heavy atom. The summed E-state index contributed by atoms with van der Waals surface area (Å²) >= 11 is 0. The second-order valence-electron chi connectivity index (χ2n) is 5.29. The number of benzene rings is 1. The van der Waals surface area contributed by atoms with Crippen molar-refractivity contribution in [3.8, 4) is 0 Å². The summed E-state index contributed by atoms with van der Waals surface area (Å²) in [5, 5.41) is 0. The van der Waals surface area contributed by atoms with E-state index in [1.165, 1.54) is 16.8 Å². The lowest BCUT2D eigenvalue weighted by molar-refractivity contribution is 0.0265. The zero-order chi connectivity index (χ0) is 15.1. The number of nitrogens with two attached hydrogens (primary N) is 1. The van der Waals surface area contributed by atoms with Crippen LogP contribution < -0.4 is 10.6 Å². The Morgan fingerprint density at radius 1 is 1.10 bits per heavy atom. The number of aryl methyl sites for hydroxylation is 1. The van der Waals surface area contributed by atoms with Gasteiger partial charge in [-0.25, -0.2) is 0 Å². The molecule has 0 atom stereocenters. The number of nitrogens with zero attached hydrogens (tertiary/aromatic N) is 1. The highest BCUT2D eigenvalue weighted by Gasteiger charge is 2.19. The van der Waals surface area contributed by atoms with E-state index >= 15 is 0 Å². The Hall–Kier alpha value is -1.30. The molecule has 118 valence electrons. The summed E-state index contributed by atoms with van der Waals surface area (Å²) in [7, 11) is 1.67. The maximum absolute atomic E-state index is 6.00. The van der Waals surface area contributed by atoms with Crippen molar-refractivity contribution in [2.24, 2.45) is 0 Å². The number of rotatable bonds is 9. The molecule has 1 aliphatic rings. The number of hydrogen-bond acceptors (Lipinski definition) is 5. The molecule has 2 N–H and O–H groups in total. The summed E-state index contributed by atoms with van der Waals surface area (Å²) in [4.78, 5) is 2.34. The minimum Gasteiger partial charge on any atom is -0.398 e. The molecule has 0 amide bonds. The summed E-state index contributed by atoms with van der Waals surface area (Å²) in [5.74, 6) is 0. The fourth-order valence-electron chi connectivity index (χ4n) is 2.51. The Morgan fingerprint density at radius 2 is 1.81 bits per heavy atom. The SMILES string of the molecule is COCCOCCOCCN1CCc2cc(C)c(N)cc21. The van der Waals surface area contributed by atoms with Crippen LogP contribution in [0.3, 0.4) is 0 Å². The molecular formula is C16H26N2O3. The Labute approximate surface area is 127 Å². The Bertz CT molecular complexity index is 451. The Balaban J connectivity index is 1.66. The van der Waals surface area contributed by atoms with Crippen molar-refractivity contribution in [3.63, 3.8) is 0 Å². The van der Waals surface area contributed by atoms with Crippen molar-refractivity contribution in [2.45, 2.75) is 13.3 Å². The first kappa shape index (κ1) is 16.1. The van der Waals surface area contributed by atoms with Gasteiger partial charge in [0, 0.05) is 31.6 Å². The van der Waals surface area contributed by atoms with E-state index in [1.807, 2.05) is 0 Å². The van der Waals surface area contributed by atoms with Gasteiger partial charge in [0.1, 0.15) is 0 Å². The third-order valence-electron chi connectivity index (χ3n) is 3.77. The maximum Gasteiger partial charge on any atom is 0.0701 e. The topological polar surface area (TPSA) is 57.0 Å². The quantitative estimate of drug-likeness (QED) is 0.554. The van der Waals surface area contributed by atoms with Crippen LogP contribution in [0.2, 0.25) is 0 Å². The molecule has 1 aliphatic heterocycles. The highest BCUT2D eigenvalue weighted by molar-refractivity contribution is 5.67. The minimum atomic E-state index is 0.617. The predicted molar refractivity (Wildman–Crippen MR) is 85.0 cm³/mol. The molecule has 21 heavy (non-hydrogen) atoms. The van der Waals surface area contributed by atoms with Crippen molar-refractivity contribution in [3.05, 3.63) is 23.3 Å². The first-order valence-electron chi connectivity index (χ1n) is 7.50. The number of fused-ring (bicyclic) bond motifs is 1. The van der Waals surface area contributed by atoms with Crippen LogP contribution in [0.25, 0.3) is 0 Å². The summed E-state index contributed by atoms with van der Waals surface area (Å²) in [6, 6.07) is 4.29. The van der Waals surface area contributed by atoms with E-state index in [4.69, 9.17) is 19.9 Å². The molecule has 0 fully saturated rings. The largest absolute Gasteiger partial charge is 0.398 e. The van der Waals surface area contributed by atoms with Crippen molar-refractivity contribution in [1.29, 1.82) is 0 Å². The van der Waals surface area contributed by atoms with Crippen LogP contribution in [0.4, 0.5) is 11.4 Å². The molecular weight excluding hydrogens is 268 g/mol. The molecule has 0 aromatic heterocycles. The molecule has 5 nitrogen and oxygen atoms in total. The van der Waals surface area contributed by atoms with Crippen LogP contribution in [0, 0.1) is 6.92 Å². The summed E-state index contributed by atoms with van der Waals surface area (Å²) in [6.07, 6.45) is 1.09. The summed E-state index contributed by atoms with van der Waals surface area (Å²) in [5.41, 5.74) is 10.7. The second-order valence-corrected chi connectivity index (χ2v) is 5.29. The molecule has 5 heteroatoms. The first-order valence-corrected chi connectivity index (χ1v) is 7.50. The highest BCUT2D eigenvalue weighted by Crippen LogP contribution is 2.31. The molecule has 1 aromatic rings. The number of nitrogen functional groups attached to an aromatic ring is 1. The van der Waals surface area contributed by atoms with E-state index < -0.39 is 0 Å². The third-order valence-corrected chi connectivity index (χ3v) is 3.77. The van der Waals surface area contributed by atoms with Gasteiger partial charge in [0.15, 0.2) is 0 Å². The van der Waals surface area contributed by atoms with E-state index in [1.54, 1.807) is 7.11 Å². The smallest absolute Gasteiger partial charge is 0.0701 e. The van der Waals surface area contributed by atoms with Gasteiger partial charge in [0.05, 0.1) is 33.0 Å². The van der Waals surface area contributed by atoms with Crippen molar-refractivity contribution in [2.75, 3.05) is 63.9 Å². The average molecular weight is 294 g/mol. The first-order chi connectivity index (χ1) is 10.2. The van der Waals surface area contributed by atoms with Crippen LogP contribution in [-0.4, -0.2) is 53.2 Å². The minimum absolute atomic E-state index is 0.617. The molecule has 0 bridgehead atoms. The molecule has 0 radical (unpaired) electrons. The Kier molecular flexibility index (Phi) is 6.29. The van der Waals surface area contributed by atoms with Gasteiger partial charge < -0.3 is 24.8 Å². The average Bonchev–Trinajstić information content (AvgIpc) is 2.85. The van der Waals surface area contributed by atoms with E-state index in [2.05, 4.69) is 24.0 Å². The van der Waals surface area contributed by atoms with Gasteiger partial charge in [0.2, 0.25) is 0 Å². The lowest BCUT2D eigenvalue weighted by atomic mass is 10.1. The van der Waals surface area contributed by atoms with Crippen molar-refractivity contribution >= 4 is 11.4 Å². The number of methoxy groups -OCH3 is 1. The van der Waals surface area contributed by atoms with Crippen LogP contribution in [0.1, 0.15) is 11.1 Å². The van der Waals surface area contributed by atoms with Crippen LogP contribution in [0.5, 0.6) is 0 Å². The lowest BCUT2D eigenvalue weighted by Gasteiger charge is -2.20. The van der Waals surface area contributed by atoms with Gasteiger partial charge in [-0.2, -0.15) is 0 Å². The van der Waals surface area contributed by atoms with Crippen LogP contribution >= 0.6 is 0 Å². The third kappa shape index (κ3) is 4.59.